The minimum Gasteiger partial charge on any atom is -0.498 e. The van der Waals surface area contributed by atoms with E-state index in [9.17, 15) is 8.78 Å². The van der Waals surface area contributed by atoms with Crippen molar-refractivity contribution in [3.05, 3.63) is 46.7 Å². The van der Waals surface area contributed by atoms with Crippen LogP contribution in [-0.4, -0.2) is 6.61 Å². The SMILES string of the molecule is Cc1ccc(C2CCC(C3=CCC(C4CCC(C)CC4)CO3)CC2)c(F)c1F. The van der Waals surface area contributed by atoms with Crippen molar-refractivity contribution in [3.8, 4) is 0 Å². The lowest BCUT2D eigenvalue weighted by atomic mass is 9.74. The second-order valence-corrected chi connectivity index (χ2v) is 9.58. The summed E-state index contributed by atoms with van der Waals surface area (Å²) >= 11 is 0. The molecule has 0 aromatic heterocycles. The van der Waals surface area contributed by atoms with Gasteiger partial charge in [0.25, 0.3) is 0 Å². The van der Waals surface area contributed by atoms with Gasteiger partial charge in [-0.15, -0.1) is 0 Å². The van der Waals surface area contributed by atoms with E-state index in [4.69, 9.17) is 4.74 Å². The number of halogens is 2. The van der Waals surface area contributed by atoms with Gasteiger partial charge in [-0.2, -0.15) is 0 Å². The number of rotatable bonds is 3. The average molecular weight is 389 g/mol. The maximum Gasteiger partial charge on any atom is 0.162 e. The number of hydrogen-bond donors (Lipinski definition) is 0. The second kappa shape index (κ2) is 8.55. The van der Waals surface area contributed by atoms with Crippen LogP contribution >= 0.6 is 0 Å². The normalized spacial score (nSPS) is 33.9. The van der Waals surface area contributed by atoms with Crippen molar-refractivity contribution in [1.29, 1.82) is 0 Å². The van der Waals surface area contributed by atoms with Crippen molar-refractivity contribution in [2.45, 2.75) is 77.6 Å². The van der Waals surface area contributed by atoms with Gasteiger partial charge in [0.2, 0.25) is 0 Å². The molecule has 4 rings (SSSR count). The summed E-state index contributed by atoms with van der Waals surface area (Å²) < 4.78 is 34.5. The van der Waals surface area contributed by atoms with Gasteiger partial charge in [0.1, 0.15) is 0 Å². The molecule has 0 N–H and O–H groups in total. The van der Waals surface area contributed by atoms with Gasteiger partial charge >= 0.3 is 0 Å². The summed E-state index contributed by atoms with van der Waals surface area (Å²) in [6, 6.07) is 3.49. The van der Waals surface area contributed by atoms with Gasteiger partial charge in [0, 0.05) is 5.92 Å². The number of ether oxygens (including phenoxy) is 1. The van der Waals surface area contributed by atoms with Crippen LogP contribution in [0.4, 0.5) is 8.78 Å². The molecule has 28 heavy (non-hydrogen) atoms. The van der Waals surface area contributed by atoms with Crippen LogP contribution in [0.25, 0.3) is 0 Å². The quantitative estimate of drug-likeness (QED) is 0.528. The molecule has 0 radical (unpaired) electrons. The Morgan fingerprint density at radius 1 is 0.821 bits per heavy atom. The van der Waals surface area contributed by atoms with E-state index in [2.05, 4.69) is 13.0 Å². The van der Waals surface area contributed by atoms with Crippen LogP contribution in [0.3, 0.4) is 0 Å². The minimum atomic E-state index is -0.680. The van der Waals surface area contributed by atoms with Crippen molar-refractivity contribution >= 4 is 0 Å². The molecule has 2 saturated carbocycles. The molecule has 0 spiro atoms. The van der Waals surface area contributed by atoms with E-state index in [0.29, 0.717) is 23.0 Å². The molecule has 1 aromatic rings. The molecule has 2 fully saturated rings. The van der Waals surface area contributed by atoms with Crippen LogP contribution < -0.4 is 0 Å². The first-order valence-corrected chi connectivity index (χ1v) is 11.3. The van der Waals surface area contributed by atoms with Crippen LogP contribution in [0.1, 0.15) is 81.8 Å². The second-order valence-electron chi connectivity index (χ2n) is 9.58. The fourth-order valence-corrected chi connectivity index (χ4v) is 5.63. The van der Waals surface area contributed by atoms with E-state index in [1.807, 2.05) is 0 Å². The van der Waals surface area contributed by atoms with Gasteiger partial charge in [0.05, 0.1) is 12.4 Å². The first-order valence-electron chi connectivity index (χ1n) is 11.3. The molecule has 1 heterocycles. The first-order chi connectivity index (χ1) is 13.5. The molecule has 0 saturated heterocycles. The highest BCUT2D eigenvalue weighted by Crippen LogP contribution is 2.43. The highest BCUT2D eigenvalue weighted by Gasteiger charge is 2.32. The molecule has 2 aliphatic carbocycles. The van der Waals surface area contributed by atoms with Crippen LogP contribution in [-0.2, 0) is 4.74 Å². The Morgan fingerprint density at radius 2 is 1.50 bits per heavy atom. The maximum atomic E-state index is 14.3. The highest BCUT2D eigenvalue weighted by molar-refractivity contribution is 5.28. The molecule has 1 atom stereocenters. The molecule has 1 unspecified atom stereocenters. The number of allylic oxidation sites excluding steroid dienone is 2. The Hall–Kier alpha value is -1.38. The Labute approximate surface area is 168 Å². The molecule has 1 aliphatic heterocycles. The van der Waals surface area contributed by atoms with E-state index >= 15 is 0 Å². The smallest absolute Gasteiger partial charge is 0.162 e. The lowest BCUT2D eigenvalue weighted by Gasteiger charge is -2.37. The largest absolute Gasteiger partial charge is 0.498 e. The Morgan fingerprint density at radius 3 is 2.14 bits per heavy atom. The van der Waals surface area contributed by atoms with Crippen molar-refractivity contribution in [1.82, 2.24) is 0 Å². The van der Waals surface area contributed by atoms with E-state index in [1.54, 1.807) is 19.1 Å². The molecular weight excluding hydrogens is 354 g/mol. The zero-order chi connectivity index (χ0) is 19.7. The molecule has 3 heteroatoms. The van der Waals surface area contributed by atoms with Gasteiger partial charge in [0.15, 0.2) is 11.6 Å². The highest BCUT2D eigenvalue weighted by atomic mass is 19.2. The topological polar surface area (TPSA) is 9.23 Å². The standard InChI is InChI=1S/C25H34F2O/c1-16-3-6-18(7-4-16)21-12-14-23(28-15-21)20-10-8-19(9-11-20)22-13-5-17(2)24(26)25(22)27/h5,13-14,16,18-21H,3-4,6-12,15H2,1-2H3. The van der Waals surface area contributed by atoms with E-state index in [-0.39, 0.29) is 5.92 Å². The van der Waals surface area contributed by atoms with Crippen molar-refractivity contribution in [3.63, 3.8) is 0 Å². The summed E-state index contributed by atoms with van der Waals surface area (Å²) in [6.07, 6.45) is 12.8. The summed E-state index contributed by atoms with van der Waals surface area (Å²) in [5.74, 6) is 2.88. The maximum absolute atomic E-state index is 14.3. The fraction of sp³-hybridized carbons (Fsp3) is 0.680. The van der Waals surface area contributed by atoms with E-state index < -0.39 is 11.6 Å². The van der Waals surface area contributed by atoms with Crippen molar-refractivity contribution in [2.24, 2.45) is 23.7 Å². The van der Waals surface area contributed by atoms with Gasteiger partial charge in [-0.3, -0.25) is 0 Å². The Bertz CT molecular complexity index is 710. The molecule has 1 aromatic carbocycles. The summed E-state index contributed by atoms with van der Waals surface area (Å²) in [5.41, 5.74) is 0.948. The van der Waals surface area contributed by atoms with Gasteiger partial charge < -0.3 is 4.74 Å². The molecule has 0 bridgehead atoms. The van der Waals surface area contributed by atoms with Crippen LogP contribution in [0.15, 0.2) is 24.0 Å². The Kier molecular flexibility index (Phi) is 6.08. The lowest BCUT2D eigenvalue weighted by Crippen LogP contribution is -2.28. The van der Waals surface area contributed by atoms with Crippen LogP contribution in [0, 0.1) is 42.2 Å². The van der Waals surface area contributed by atoms with Gasteiger partial charge in [-0.05, 0) is 92.7 Å². The average Bonchev–Trinajstić information content (AvgIpc) is 2.73. The number of hydrogen-bond acceptors (Lipinski definition) is 1. The van der Waals surface area contributed by atoms with Crippen LogP contribution in [0.2, 0.25) is 0 Å². The third-order valence-corrected chi connectivity index (χ3v) is 7.69. The molecule has 3 aliphatic rings. The fourth-order valence-electron chi connectivity index (χ4n) is 5.63. The van der Waals surface area contributed by atoms with Crippen molar-refractivity contribution in [2.75, 3.05) is 6.61 Å². The summed E-state index contributed by atoms with van der Waals surface area (Å²) in [6.45, 7) is 4.87. The third kappa shape index (κ3) is 4.14. The summed E-state index contributed by atoms with van der Waals surface area (Å²) in [4.78, 5) is 0. The first kappa shape index (κ1) is 19.9. The van der Waals surface area contributed by atoms with Crippen LogP contribution in [0.5, 0.6) is 0 Å². The molecule has 0 amide bonds. The monoisotopic (exact) mass is 388 g/mol. The van der Waals surface area contributed by atoms with E-state index in [0.717, 1.165) is 50.5 Å². The third-order valence-electron chi connectivity index (χ3n) is 7.69. The van der Waals surface area contributed by atoms with Crippen molar-refractivity contribution < 1.29 is 13.5 Å². The molecule has 1 nitrogen and oxygen atoms in total. The van der Waals surface area contributed by atoms with E-state index in [1.165, 1.54) is 31.4 Å². The number of benzene rings is 1. The molecular formula is C25H34F2O. The summed E-state index contributed by atoms with van der Waals surface area (Å²) in [5, 5.41) is 0. The van der Waals surface area contributed by atoms with Gasteiger partial charge in [-0.25, -0.2) is 8.78 Å². The Balaban J connectivity index is 1.31. The predicted molar refractivity (Wildman–Crippen MR) is 109 cm³/mol. The molecule has 154 valence electrons. The zero-order valence-electron chi connectivity index (χ0n) is 17.4. The summed E-state index contributed by atoms with van der Waals surface area (Å²) in [7, 11) is 0. The zero-order valence-corrected chi connectivity index (χ0v) is 17.4. The minimum absolute atomic E-state index is 0.132. The number of aryl methyl sites for hydroxylation is 1. The predicted octanol–water partition coefficient (Wildman–Crippen LogP) is 7.29. The van der Waals surface area contributed by atoms with Gasteiger partial charge in [-0.1, -0.05) is 31.9 Å². The lowest BCUT2D eigenvalue weighted by molar-refractivity contribution is 0.0678.